The monoisotopic (exact) mass is 298 g/mol. The number of rotatable bonds is 2. The van der Waals surface area contributed by atoms with Crippen LogP contribution in [0.4, 0.5) is 23.7 Å². The van der Waals surface area contributed by atoms with Gasteiger partial charge in [-0.05, 0) is 43.9 Å². The summed E-state index contributed by atoms with van der Waals surface area (Å²) in [6.45, 7) is 0. The first-order valence-electron chi connectivity index (χ1n) is 6.88. The molecule has 0 bridgehead atoms. The van der Waals surface area contributed by atoms with Crippen LogP contribution in [-0.4, -0.2) is 6.03 Å². The van der Waals surface area contributed by atoms with Gasteiger partial charge >= 0.3 is 12.2 Å². The minimum Gasteiger partial charge on any atom is -0.314 e. The molecule has 1 aromatic carbocycles. The molecule has 1 aliphatic carbocycles. The van der Waals surface area contributed by atoms with Gasteiger partial charge in [-0.25, -0.2) is 4.79 Å². The Hall–Kier alpha value is -1.98. The van der Waals surface area contributed by atoms with E-state index in [9.17, 15) is 18.0 Å². The van der Waals surface area contributed by atoms with Crippen LogP contribution in [0, 0.1) is 0 Å². The molecule has 0 unspecified atom stereocenters. The van der Waals surface area contributed by atoms with Gasteiger partial charge in [-0.15, -0.1) is 0 Å². The maximum Gasteiger partial charge on any atom is 0.416 e. The summed E-state index contributed by atoms with van der Waals surface area (Å²) >= 11 is 0. The van der Waals surface area contributed by atoms with Crippen molar-refractivity contribution in [1.82, 2.24) is 5.32 Å². The van der Waals surface area contributed by atoms with Gasteiger partial charge in [0.2, 0.25) is 0 Å². The van der Waals surface area contributed by atoms with Crippen molar-refractivity contribution in [1.29, 1.82) is 0 Å². The Kier molecular flexibility index (Phi) is 4.88. The normalized spacial score (nSPS) is 15.5. The Bertz CT molecular complexity index is 530. The number of amides is 2. The molecule has 0 radical (unpaired) electrons. The number of hydrogen-bond acceptors (Lipinski definition) is 1. The van der Waals surface area contributed by atoms with E-state index < -0.39 is 17.8 Å². The van der Waals surface area contributed by atoms with Crippen LogP contribution >= 0.6 is 0 Å². The van der Waals surface area contributed by atoms with Crippen LogP contribution in [0.15, 0.2) is 36.0 Å². The minimum absolute atomic E-state index is 0.115. The zero-order valence-corrected chi connectivity index (χ0v) is 11.5. The summed E-state index contributed by atoms with van der Waals surface area (Å²) in [5.41, 5.74) is 0.496. The Morgan fingerprint density at radius 3 is 2.52 bits per heavy atom. The molecule has 1 aromatic rings. The lowest BCUT2D eigenvalue weighted by Crippen LogP contribution is -2.24. The van der Waals surface area contributed by atoms with Gasteiger partial charge in [0.05, 0.1) is 5.56 Å². The highest BCUT2D eigenvalue weighted by Gasteiger charge is 2.30. The first-order chi connectivity index (χ1) is 9.95. The molecular formula is C15H17F3N2O. The van der Waals surface area contributed by atoms with Crippen LogP contribution < -0.4 is 10.6 Å². The number of carbonyl (C=O) groups is 1. The molecule has 0 atom stereocenters. The van der Waals surface area contributed by atoms with E-state index >= 15 is 0 Å². The number of hydrogen-bond donors (Lipinski definition) is 2. The maximum absolute atomic E-state index is 12.6. The molecule has 2 rings (SSSR count). The third-order valence-electron chi connectivity index (χ3n) is 3.35. The van der Waals surface area contributed by atoms with Crippen molar-refractivity contribution in [3.8, 4) is 0 Å². The summed E-state index contributed by atoms with van der Waals surface area (Å²) in [6, 6.07) is 4.02. The first-order valence-corrected chi connectivity index (χ1v) is 6.88. The molecule has 6 heteroatoms. The second kappa shape index (κ2) is 6.65. The smallest absolute Gasteiger partial charge is 0.314 e. The molecule has 0 aliphatic heterocycles. The van der Waals surface area contributed by atoms with Gasteiger partial charge in [-0.1, -0.05) is 18.1 Å². The standard InChI is InChI=1S/C15H17F3N2O/c16-15(17,18)12-7-4-8-13(9-12)20-14(21)19-10-11-5-2-1-3-6-11/h4,7-10H,1-3,5-6H2,(H2,19,20,21). The van der Waals surface area contributed by atoms with E-state index in [4.69, 9.17) is 0 Å². The lowest BCUT2D eigenvalue weighted by Gasteiger charge is -2.14. The van der Waals surface area contributed by atoms with Crippen molar-refractivity contribution in [3.63, 3.8) is 0 Å². The number of benzene rings is 1. The highest BCUT2D eigenvalue weighted by atomic mass is 19.4. The first kappa shape index (κ1) is 15.4. The molecule has 0 heterocycles. The number of alkyl halides is 3. The van der Waals surface area contributed by atoms with E-state index in [1.165, 1.54) is 24.1 Å². The number of halogens is 3. The second-order valence-corrected chi connectivity index (χ2v) is 5.04. The number of nitrogens with one attached hydrogen (secondary N) is 2. The molecule has 0 saturated heterocycles. The fraction of sp³-hybridized carbons (Fsp3) is 0.400. The third kappa shape index (κ3) is 4.81. The average molecular weight is 298 g/mol. The van der Waals surface area contributed by atoms with Crippen molar-refractivity contribution < 1.29 is 18.0 Å². The van der Waals surface area contributed by atoms with E-state index in [-0.39, 0.29) is 5.69 Å². The third-order valence-corrected chi connectivity index (χ3v) is 3.35. The van der Waals surface area contributed by atoms with Gasteiger partial charge in [-0.2, -0.15) is 13.2 Å². The van der Waals surface area contributed by atoms with Gasteiger partial charge in [0.25, 0.3) is 0 Å². The molecule has 0 aromatic heterocycles. The highest BCUT2D eigenvalue weighted by molar-refractivity contribution is 5.90. The Morgan fingerprint density at radius 1 is 1.14 bits per heavy atom. The van der Waals surface area contributed by atoms with Crippen LogP contribution in [0.5, 0.6) is 0 Å². The zero-order chi connectivity index (χ0) is 15.3. The molecule has 0 spiro atoms. The van der Waals surface area contributed by atoms with Crippen molar-refractivity contribution in [2.75, 3.05) is 5.32 Å². The average Bonchev–Trinajstić information content (AvgIpc) is 2.46. The maximum atomic E-state index is 12.6. The van der Waals surface area contributed by atoms with Crippen LogP contribution in [0.3, 0.4) is 0 Å². The molecule has 21 heavy (non-hydrogen) atoms. The summed E-state index contributed by atoms with van der Waals surface area (Å²) < 4.78 is 37.7. The number of urea groups is 1. The van der Waals surface area contributed by atoms with E-state index in [1.807, 2.05) is 0 Å². The topological polar surface area (TPSA) is 41.1 Å². The summed E-state index contributed by atoms with van der Waals surface area (Å²) in [6.07, 6.45) is 2.59. The second-order valence-electron chi connectivity index (χ2n) is 5.04. The van der Waals surface area contributed by atoms with Gasteiger partial charge in [0.15, 0.2) is 0 Å². The number of anilines is 1. The predicted octanol–water partition coefficient (Wildman–Crippen LogP) is 4.67. The van der Waals surface area contributed by atoms with E-state index in [0.717, 1.165) is 37.8 Å². The molecule has 114 valence electrons. The molecule has 1 aliphatic rings. The molecule has 1 fully saturated rings. The van der Waals surface area contributed by atoms with Gasteiger partial charge in [-0.3, -0.25) is 0 Å². The van der Waals surface area contributed by atoms with Crippen molar-refractivity contribution in [2.24, 2.45) is 0 Å². The molecule has 3 nitrogen and oxygen atoms in total. The fourth-order valence-corrected chi connectivity index (χ4v) is 2.26. The van der Waals surface area contributed by atoms with Crippen LogP contribution in [-0.2, 0) is 6.18 Å². The van der Waals surface area contributed by atoms with Gasteiger partial charge in [0, 0.05) is 11.9 Å². The van der Waals surface area contributed by atoms with Crippen LogP contribution in [0.25, 0.3) is 0 Å². The SMILES string of the molecule is O=C(NC=C1CCCCC1)Nc1cccc(C(F)(F)F)c1. The lowest BCUT2D eigenvalue weighted by molar-refractivity contribution is -0.137. The molecule has 1 saturated carbocycles. The Labute approximate surface area is 121 Å². The van der Waals surface area contributed by atoms with E-state index in [0.29, 0.717) is 0 Å². The molecule has 2 N–H and O–H groups in total. The predicted molar refractivity (Wildman–Crippen MR) is 74.8 cm³/mol. The lowest BCUT2D eigenvalue weighted by atomic mass is 9.96. The number of allylic oxidation sites excluding steroid dienone is 1. The van der Waals surface area contributed by atoms with Crippen LogP contribution in [0.2, 0.25) is 0 Å². The largest absolute Gasteiger partial charge is 0.416 e. The van der Waals surface area contributed by atoms with Gasteiger partial charge in [0.1, 0.15) is 0 Å². The zero-order valence-electron chi connectivity index (χ0n) is 11.5. The summed E-state index contributed by atoms with van der Waals surface area (Å²) in [5, 5.41) is 4.97. The van der Waals surface area contributed by atoms with Crippen molar-refractivity contribution in [2.45, 2.75) is 38.3 Å². The molecule has 2 amide bonds. The fourth-order valence-electron chi connectivity index (χ4n) is 2.26. The summed E-state index contributed by atoms with van der Waals surface area (Å²) in [4.78, 5) is 11.7. The number of carbonyl (C=O) groups excluding carboxylic acids is 1. The molecular weight excluding hydrogens is 281 g/mol. The Balaban J connectivity index is 1.93. The van der Waals surface area contributed by atoms with Crippen molar-refractivity contribution >= 4 is 11.7 Å². The highest BCUT2D eigenvalue weighted by Crippen LogP contribution is 2.30. The minimum atomic E-state index is -4.42. The summed E-state index contributed by atoms with van der Waals surface area (Å²) in [5.74, 6) is 0. The summed E-state index contributed by atoms with van der Waals surface area (Å²) in [7, 11) is 0. The quantitative estimate of drug-likeness (QED) is 0.818. The van der Waals surface area contributed by atoms with Gasteiger partial charge < -0.3 is 10.6 Å². The van der Waals surface area contributed by atoms with E-state index in [2.05, 4.69) is 10.6 Å². The van der Waals surface area contributed by atoms with E-state index in [1.54, 1.807) is 6.20 Å². The van der Waals surface area contributed by atoms with Crippen molar-refractivity contribution in [3.05, 3.63) is 41.6 Å². The Morgan fingerprint density at radius 2 is 1.86 bits per heavy atom. The van der Waals surface area contributed by atoms with Crippen LogP contribution in [0.1, 0.15) is 37.7 Å².